The lowest BCUT2D eigenvalue weighted by Crippen LogP contribution is -2.44. The number of hydrogen-bond acceptors (Lipinski definition) is 10. The molecule has 0 spiro atoms. The number of aromatic nitrogens is 3. The fourth-order valence-electron chi connectivity index (χ4n) is 5.37. The quantitative estimate of drug-likeness (QED) is 0.297. The van der Waals surface area contributed by atoms with Crippen LogP contribution in [0.15, 0.2) is 28.7 Å². The number of piperidine rings is 1. The molecule has 2 aliphatic rings. The number of carbonyl (C=O) groups is 1. The Kier molecular flexibility index (Phi) is 8.73. The minimum absolute atomic E-state index is 0.0717. The summed E-state index contributed by atoms with van der Waals surface area (Å²) in [6.07, 6.45) is -2.11. The van der Waals surface area contributed by atoms with Crippen LogP contribution in [0.4, 0.5) is 13.2 Å². The standard InChI is InChI=1S/C28H32F3N5O5S/c1-16-9-25(28(29,30)31)33-36(16)13-18(14-37)35-7-5-17(6-8-35)27-32-21(15-42-27)20-12-24(41-34-20)26-22(39-3)10-19(38-2)11-23(26)40-4/h9-11,14-15,17-18,24H,5-8,12-13H2,1-4H3. The average molecular weight is 608 g/mol. The number of oxime groups is 1. The Balaban J connectivity index is 1.20. The van der Waals surface area contributed by atoms with Gasteiger partial charge in [-0.2, -0.15) is 18.3 Å². The van der Waals surface area contributed by atoms with Crippen LogP contribution in [0, 0.1) is 6.92 Å². The van der Waals surface area contributed by atoms with Crippen LogP contribution in [-0.2, 0) is 22.4 Å². The van der Waals surface area contributed by atoms with E-state index >= 15 is 0 Å². The number of rotatable bonds is 10. The fraction of sp³-hybridized carbons (Fsp3) is 0.500. The molecule has 1 aromatic carbocycles. The molecule has 3 aromatic rings. The first-order valence-corrected chi connectivity index (χ1v) is 14.3. The van der Waals surface area contributed by atoms with Gasteiger partial charge in [0.1, 0.15) is 29.2 Å². The normalized spacial score (nSPS) is 18.8. The number of ether oxygens (including phenoxy) is 3. The van der Waals surface area contributed by atoms with E-state index in [2.05, 4.69) is 10.3 Å². The molecule has 226 valence electrons. The third-order valence-electron chi connectivity index (χ3n) is 7.70. The first kappa shape index (κ1) is 29.8. The van der Waals surface area contributed by atoms with Gasteiger partial charge in [0.25, 0.3) is 0 Å². The minimum atomic E-state index is -4.52. The van der Waals surface area contributed by atoms with Crippen molar-refractivity contribution < 1.29 is 37.0 Å². The van der Waals surface area contributed by atoms with Gasteiger partial charge in [-0.3, -0.25) is 9.58 Å². The van der Waals surface area contributed by atoms with Crippen LogP contribution >= 0.6 is 11.3 Å². The summed E-state index contributed by atoms with van der Waals surface area (Å²) < 4.78 is 56.9. The predicted octanol–water partition coefficient (Wildman–Crippen LogP) is 5.01. The molecule has 42 heavy (non-hydrogen) atoms. The van der Waals surface area contributed by atoms with Gasteiger partial charge in [0.2, 0.25) is 0 Å². The van der Waals surface area contributed by atoms with E-state index in [-0.39, 0.29) is 12.5 Å². The summed E-state index contributed by atoms with van der Waals surface area (Å²) in [5, 5.41) is 10.9. The summed E-state index contributed by atoms with van der Waals surface area (Å²) in [5.41, 5.74) is 1.64. The molecule has 0 amide bonds. The van der Waals surface area contributed by atoms with E-state index in [4.69, 9.17) is 24.0 Å². The highest BCUT2D eigenvalue weighted by atomic mass is 32.1. The summed E-state index contributed by atoms with van der Waals surface area (Å²) in [5.74, 6) is 1.97. The summed E-state index contributed by atoms with van der Waals surface area (Å²) in [7, 11) is 4.72. The average Bonchev–Trinajstić information content (AvgIpc) is 3.75. The molecule has 2 atom stereocenters. The van der Waals surface area contributed by atoms with Crippen molar-refractivity contribution >= 4 is 23.3 Å². The first-order valence-electron chi connectivity index (χ1n) is 13.4. The number of likely N-dealkylation sites (tertiary alicyclic amines) is 1. The maximum atomic E-state index is 13.1. The Hall–Kier alpha value is -3.65. The zero-order valence-electron chi connectivity index (χ0n) is 23.7. The van der Waals surface area contributed by atoms with Crippen LogP contribution in [-0.4, -0.2) is 72.1 Å². The van der Waals surface area contributed by atoms with Crippen LogP contribution in [0.25, 0.3) is 0 Å². The molecule has 1 fully saturated rings. The van der Waals surface area contributed by atoms with E-state index in [0.29, 0.717) is 42.5 Å². The molecule has 10 nitrogen and oxygen atoms in total. The second-order valence-electron chi connectivity index (χ2n) is 10.2. The molecule has 1 saturated heterocycles. The van der Waals surface area contributed by atoms with E-state index in [1.165, 1.54) is 4.68 Å². The van der Waals surface area contributed by atoms with E-state index in [9.17, 15) is 18.0 Å². The summed E-state index contributed by atoms with van der Waals surface area (Å²) in [6, 6.07) is 3.99. The van der Waals surface area contributed by atoms with Crippen molar-refractivity contribution in [2.75, 3.05) is 34.4 Å². The molecular formula is C28H32F3N5O5S. The smallest absolute Gasteiger partial charge is 0.435 e. The van der Waals surface area contributed by atoms with Gasteiger partial charge in [0.15, 0.2) is 11.8 Å². The molecule has 0 radical (unpaired) electrons. The molecule has 4 heterocycles. The zero-order chi connectivity index (χ0) is 30.0. The summed E-state index contributed by atoms with van der Waals surface area (Å²) >= 11 is 1.56. The Morgan fingerprint density at radius 1 is 1.12 bits per heavy atom. The number of halogens is 3. The maximum Gasteiger partial charge on any atom is 0.435 e. The molecule has 2 unspecified atom stereocenters. The predicted molar refractivity (Wildman–Crippen MR) is 149 cm³/mol. The SMILES string of the molecule is COc1cc(OC)c(C2CC(c3csc(C4CCN(C(C=O)Cn5nc(C(F)(F)F)cc5C)CC4)n3)=NO2)c(OC)c1. The van der Waals surface area contributed by atoms with Gasteiger partial charge in [-0.05, 0) is 38.9 Å². The largest absolute Gasteiger partial charge is 0.496 e. The first-order chi connectivity index (χ1) is 20.1. The van der Waals surface area contributed by atoms with E-state index in [1.807, 2.05) is 10.3 Å². The molecule has 0 bridgehead atoms. The van der Waals surface area contributed by atoms with Crippen molar-refractivity contribution in [3.05, 3.63) is 51.2 Å². The van der Waals surface area contributed by atoms with Gasteiger partial charge in [-0.25, -0.2) is 4.98 Å². The number of alkyl halides is 3. The van der Waals surface area contributed by atoms with E-state index in [1.54, 1.807) is 51.7 Å². The molecule has 0 N–H and O–H groups in total. The van der Waals surface area contributed by atoms with Crippen molar-refractivity contribution in [1.29, 1.82) is 0 Å². The molecular weight excluding hydrogens is 575 g/mol. The molecule has 0 saturated carbocycles. The molecule has 5 rings (SSSR count). The van der Waals surface area contributed by atoms with Crippen LogP contribution in [0.5, 0.6) is 17.2 Å². The second-order valence-corrected chi connectivity index (χ2v) is 11.1. The van der Waals surface area contributed by atoms with Crippen molar-refractivity contribution in [1.82, 2.24) is 19.7 Å². The number of thiazole rings is 1. The fourth-order valence-corrected chi connectivity index (χ4v) is 6.37. The maximum absolute atomic E-state index is 13.1. The lowest BCUT2D eigenvalue weighted by atomic mass is 9.96. The van der Waals surface area contributed by atoms with Crippen LogP contribution in [0.2, 0.25) is 0 Å². The zero-order valence-corrected chi connectivity index (χ0v) is 24.5. The molecule has 0 aliphatic carbocycles. The minimum Gasteiger partial charge on any atom is -0.496 e. The van der Waals surface area contributed by atoms with Crippen LogP contribution in [0.3, 0.4) is 0 Å². The van der Waals surface area contributed by atoms with Gasteiger partial charge in [-0.1, -0.05) is 5.16 Å². The van der Waals surface area contributed by atoms with Gasteiger partial charge >= 0.3 is 6.18 Å². The van der Waals surface area contributed by atoms with Crippen molar-refractivity contribution in [3.8, 4) is 17.2 Å². The summed E-state index contributed by atoms with van der Waals surface area (Å²) in [4.78, 5) is 24.6. The topological polar surface area (TPSA) is 100 Å². The van der Waals surface area contributed by atoms with E-state index < -0.39 is 24.0 Å². The molecule has 2 aromatic heterocycles. The van der Waals surface area contributed by atoms with E-state index in [0.717, 1.165) is 47.2 Å². The Morgan fingerprint density at radius 3 is 2.38 bits per heavy atom. The van der Waals surface area contributed by atoms with Gasteiger partial charge < -0.3 is 23.8 Å². The number of benzene rings is 1. The third-order valence-corrected chi connectivity index (χ3v) is 8.71. The van der Waals surface area contributed by atoms with Crippen LogP contribution in [0.1, 0.15) is 58.9 Å². The monoisotopic (exact) mass is 607 g/mol. The summed E-state index contributed by atoms with van der Waals surface area (Å²) in [6.45, 7) is 2.88. The number of hydrogen-bond donors (Lipinski definition) is 0. The lowest BCUT2D eigenvalue weighted by molar-refractivity contribution is -0.141. The second kappa shape index (κ2) is 12.3. The van der Waals surface area contributed by atoms with Gasteiger partial charge in [0, 0.05) is 35.5 Å². The molecule has 2 aliphatic heterocycles. The van der Waals surface area contributed by atoms with Gasteiger partial charge in [-0.15, -0.1) is 11.3 Å². The highest BCUT2D eigenvalue weighted by Gasteiger charge is 2.36. The number of aryl methyl sites for hydroxylation is 1. The van der Waals surface area contributed by atoms with Gasteiger partial charge in [0.05, 0.1) is 50.2 Å². The van der Waals surface area contributed by atoms with Crippen molar-refractivity contribution in [2.45, 2.75) is 57.0 Å². The number of nitrogens with zero attached hydrogens (tertiary/aromatic N) is 5. The van der Waals surface area contributed by atoms with Crippen molar-refractivity contribution in [3.63, 3.8) is 0 Å². The highest BCUT2D eigenvalue weighted by Crippen LogP contribution is 2.43. The Labute approximate surface area is 245 Å². The van der Waals surface area contributed by atoms with Crippen LogP contribution < -0.4 is 14.2 Å². The third kappa shape index (κ3) is 6.09. The molecule has 14 heteroatoms. The van der Waals surface area contributed by atoms with Crippen molar-refractivity contribution in [2.24, 2.45) is 5.16 Å². The number of aldehydes is 1. The highest BCUT2D eigenvalue weighted by molar-refractivity contribution is 7.10. The Morgan fingerprint density at radius 2 is 1.81 bits per heavy atom. The lowest BCUT2D eigenvalue weighted by Gasteiger charge is -2.34. The Bertz CT molecular complexity index is 1420. The number of carbonyl (C=O) groups excluding carboxylic acids is 1. The number of methoxy groups -OCH3 is 3.